The third-order valence-corrected chi connectivity index (χ3v) is 4.50. The molecule has 3 heterocycles. The number of hydrogen-bond donors (Lipinski definition) is 2. The highest BCUT2D eigenvalue weighted by Gasteiger charge is 2.35. The number of anilines is 1. The molecule has 7 heteroatoms. The second kappa shape index (κ2) is 6.66. The Bertz CT molecular complexity index is 524. The van der Waals surface area contributed by atoms with Crippen LogP contribution in [0.25, 0.3) is 0 Å². The molecule has 2 saturated heterocycles. The molecule has 0 radical (unpaired) electrons. The van der Waals surface area contributed by atoms with Crippen molar-refractivity contribution in [2.24, 2.45) is 0 Å². The zero-order valence-corrected chi connectivity index (χ0v) is 13.3. The Morgan fingerprint density at radius 2 is 2.18 bits per heavy atom. The number of aromatic nitrogens is 2. The van der Waals surface area contributed by atoms with Crippen molar-refractivity contribution in [1.82, 2.24) is 20.0 Å². The van der Waals surface area contributed by atoms with E-state index in [0.29, 0.717) is 19.3 Å². The number of likely N-dealkylation sites (tertiary alicyclic amines) is 1. The number of rotatable bonds is 4. The SMILES string of the molecule is CCn1cc(NC(=O)N[C@H]2COC[C@@H]2N2CCCC2)c(C)n1. The fourth-order valence-corrected chi connectivity index (χ4v) is 3.24. The minimum Gasteiger partial charge on any atom is -0.378 e. The van der Waals surface area contributed by atoms with Gasteiger partial charge in [0.2, 0.25) is 0 Å². The maximum atomic E-state index is 12.2. The first-order valence-corrected chi connectivity index (χ1v) is 8.10. The Morgan fingerprint density at radius 3 is 2.86 bits per heavy atom. The summed E-state index contributed by atoms with van der Waals surface area (Å²) in [5, 5.41) is 10.3. The van der Waals surface area contributed by atoms with E-state index in [4.69, 9.17) is 4.74 Å². The number of carbonyl (C=O) groups excluding carboxylic acids is 1. The van der Waals surface area contributed by atoms with E-state index in [1.807, 2.05) is 24.7 Å². The summed E-state index contributed by atoms with van der Waals surface area (Å²) in [6, 6.07) is 0.172. The number of nitrogens with one attached hydrogen (secondary N) is 2. The Balaban J connectivity index is 1.57. The normalized spacial score (nSPS) is 25.5. The van der Waals surface area contributed by atoms with Crippen LogP contribution in [0.4, 0.5) is 10.5 Å². The summed E-state index contributed by atoms with van der Waals surface area (Å²) in [7, 11) is 0. The standard InChI is InChI=1S/C15H25N5O2/c1-3-20-8-12(11(2)18-20)16-15(21)17-13-9-22-10-14(13)19-6-4-5-7-19/h8,13-14H,3-7,9-10H2,1-2H3,(H2,16,17,21)/t13-,14-/m0/s1. The van der Waals surface area contributed by atoms with Gasteiger partial charge in [0.1, 0.15) is 0 Å². The van der Waals surface area contributed by atoms with Crippen LogP contribution in [0, 0.1) is 6.92 Å². The van der Waals surface area contributed by atoms with Crippen LogP contribution in [0.3, 0.4) is 0 Å². The van der Waals surface area contributed by atoms with Crippen LogP contribution in [-0.2, 0) is 11.3 Å². The summed E-state index contributed by atoms with van der Waals surface area (Å²) in [6.07, 6.45) is 4.34. The van der Waals surface area contributed by atoms with Gasteiger partial charge in [-0.2, -0.15) is 5.10 Å². The summed E-state index contributed by atoms with van der Waals surface area (Å²) in [5.74, 6) is 0. The maximum Gasteiger partial charge on any atom is 0.319 e. The average Bonchev–Trinajstić information content (AvgIpc) is 3.20. The molecule has 7 nitrogen and oxygen atoms in total. The molecule has 0 aromatic carbocycles. The molecular formula is C15H25N5O2. The summed E-state index contributed by atoms with van der Waals surface area (Å²) in [4.78, 5) is 14.7. The molecule has 2 amide bonds. The van der Waals surface area contributed by atoms with Crippen molar-refractivity contribution >= 4 is 11.7 Å². The van der Waals surface area contributed by atoms with Crippen molar-refractivity contribution in [3.05, 3.63) is 11.9 Å². The van der Waals surface area contributed by atoms with Gasteiger partial charge in [-0.1, -0.05) is 0 Å². The molecule has 2 fully saturated rings. The smallest absolute Gasteiger partial charge is 0.319 e. The number of hydrogen-bond acceptors (Lipinski definition) is 4. The predicted octanol–water partition coefficient (Wildman–Crippen LogP) is 1.20. The van der Waals surface area contributed by atoms with E-state index in [0.717, 1.165) is 31.0 Å². The zero-order valence-electron chi connectivity index (χ0n) is 13.3. The number of amides is 2. The van der Waals surface area contributed by atoms with E-state index in [9.17, 15) is 4.79 Å². The van der Waals surface area contributed by atoms with Gasteiger partial charge in [-0.05, 0) is 39.8 Å². The topological polar surface area (TPSA) is 71.4 Å². The molecule has 2 aliphatic rings. The van der Waals surface area contributed by atoms with Crippen LogP contribution in [0.5, 0.6) is 0 Å². The van der Waals surface area contributed by atoms with Gasteiger partial charge in [0, 0.05) is 12.7 Å². The summed E-state index contributed by atoms with van der Waals surface area (Å²) in [6.45, 7) is 8.21. The number of aryl methyl sites for hydroxylation is 2. The summed E-state index contributed by atoms with van der Waals surface area (Å²) >= 11 is 0. The number of urea groups is 1. The Hall–Kier alpha value is -1.60. The van der Waals surface area contributed by atoms with E-state index in [1.165, 1.54) is 12.8 Å². The minimum absolute atomic E-state index is 0.0552. The Morgan fingerprint density at radius 1 is 1.41 bits per heavy atom. The quantitative estimate of drug-likeness (QED) is 0.877. The Labute approximate surface area is 131 Å². The fourth-order valence-electron chi connectivity index (χ4n) is 3.24. The van der Waals surface area contributed by atoms with Crippen LogP contribution in [-0.4, -0.2) is 59.1 Å². The van der Waals surface area contributed by atoms with Gasteiger partial charge in [-0.25, -0.2) is 4.79 Å². The van der Waals surface area contributed by atoms with Gasteiger partial charge in [0.05, 0.1) is 36.7 Å². The molecule has 0 spiro atoms. The average molecular weight is 307 g/mol. The maximum absolute atomic E-state index is 12.2. The van der Waals surface area contributed by atoms with Crippen LogP contribution < -0.4 is 10.6 Å². The first kappa shape index (κ1) is 15.3. The van der Waals surface area contributed by atoms with Crippen molar-refractivity contribution in [2.75, 3.05) is 31.6 Å². The molecular weight excluding hydrogens is 282 g/mol. The van der Waals surface area contributed by atoms with Crippen molar-refractivity contribution in [2.45, 2.75) is 45.3 Å². The number of ether oxygens (including phenoxy) is 1. The van der Waals surface area contributed by atoms with Gasteiger partial charge in [-0.3, -0.25) is 9.58 Å². The monoisotopic (exact) mass is 307 g/mol. The lowest BCUT2D eigenvalue weighted by Crippen LogP contribution is -2.51. The molecule has 0 aliphatic carbocycles. The molecule has 1 aromatic rings. The summed E-state index contributed by atoms with van der Waals surface area (Å²) < 4.78 is 7.39. The van der Waals surface area contributed by atoms with Gasteiger partial charge < -0.3 is 15.4 Å². The number of nitrogens with zero attached hydrogens (tertiary/aromatic N) is 3. The van der Waals surface area contributed by atoms with Gasteiger partial charge >= 0.3 is 6.03 Å². The molecule has 2 atom stereocenters. The van der Waals surface area contributed by atoms with Crippen LogP contribution in [0.2, 0.25) is 0 Å². The highest BCUT2D eigenvalue weighted by molar-refractivity contribution is 5.89. The molecule has 0 bridgehead atoms. The number of carbonyl (C=O) groups is 1. The van der Waals surface area contributed by atoms with E-state index in [1.54, 1.807) is 0 Å². The highest BCUT2D eigenvalue weighted by Crippen LogP contribution is 2.19. The Kier molecular flexibility index (Phi) is 4.63. The fraction of sp³-hybridized carbons (Fsp3) is 0.733. The molecule has 2 aliphatic heterocycles. The van der Waals surface area contributed by atoms with Crippen molar-refractivity contribution in [1.29, 1.82) is 0 Å². The molecule has 0 saturated carbocycles. The lowest BCUT2D eigenvalue weighted by atomic mass is 10.1. The second-order valence-corrected chi connectivity index (χ2v) is 6.04. The lowest BCUT2D eigenvalue weighted by molar-refractivity contribution is 0.159. The van der Waals surface area contributed by atoms with Crippen LogP contribution in [0.1, 0.15) is 25.5 Å². The van der Waals surface area contributed by atoms with E-state index in [2.05, 4.69) is 20.6 Å². The van der Waals surface area contributed by atoms with Gasteiger partial charge in [0.15, 0.2) is 0 Å². The zero-order chi connectivity index (χ0) is 15.5. The minimum atomic E-state index is -0.182. The molecule has 22 heavy (non-hydrogen) atoms. The van der Waals surface area contributed by atoms with Crippen molar-refractivity contribution < 1.29 is 9.53 Å². The van der Waals surface area contributed by atoms with E-state index < -0.39 is 0 Å². The second-order valence-electron chi connectivity index (χ2n) is 6.04. The molecule has 1 aromatic heterocycles. The highest BCUT2D eigenvalue weighted by atomic mass is 16.5. The van der Waals surface area contributed by atoms with Gasteiger partial charge in [0.25, 0.3) is 0 Å². The van der Waals surface area contributed by atoms with Crippen LogP contribution >= 0.6 is 0 Å². The molecule has 3 rings (SSSR count). The third kappa shape index (κ3) is 3.25. The molecule has 2 N–H and O–H groups in total. The first-order valence-electron chi connectivity index (χ1n) is 8.10. The molecule has 122 valence electrons. The first-order chi connectivity index (χ1) is 10.7. The van der Waals surface area contributed by atoms with E-state index in [-0.39, 0.29) is 12.1 Å². The largest absolute Gasteiger partial charge is 0.378 e. The van der Waals surface area contributed by atoms with E-state index >= 15 is 0 Å². The summed E-state index contributed by atoms with van der Waals surface area (Å²) in [5.41, 5.74) is 1.59. The van der Waals surface area contributed by atoms with Gasteiger partial charge in [-0.15, -0.1) is 0 Å². The lowest BCUT2D eigenvalue weighted by Gasteiger charge is -2.27. The van der Waals surface area contributed by atoms with Crippen molar-refractivity contribution in [3.63, 3.8) is 0 Å². The molecule has 0 unspecified atom stereocenters. The predicted molar refractivity (Wildman–Crippen MR) is 84.0 cm³/mol. The van der Waals surface area contributed by atoms with Crippen molar-refractivity contribution in [3.8, 4) is 0 Å². The van der Waals surface area contributed by atoms with Crippen LogP contribution in [0.15, 0.2) is 6.20 Å². The third-order valence-electron chi connectivity index (χ3n) is 4.50.